The lowest BCUT2D eigenvalue weighted by Crippen LogP contribution is -2.47. The molecule has 0 spiro atoms. The molecule has 0 N–H and O–H groups in total. The number of halogens is 1. The van der Waals surface area contributed by atoms with Gasteiger partial charge >= 0.3 is 0 Å². The minimum absolute atomic E-state index is 0.00690. The molecule has 5 nitrogen and oxygen atoms in total. The van der Waals surface area contributed by atoms with Gasteiger partial charge in [0.1, 0.15) is 18.2 Å². The van der Waals surface area contributed by atoms with Gasteiger partial charge in [-0.25, -0.2) is 4.39 Å². The summed E-state index contributed by atoms with van der Waals surface area (Å²) in [4.78, 5) is 30.1. The summed E-state index contributed by atoms with van der Waals surface area (Å²) in [5.74, 6) is 0.177. The van der Waals surface area contributed by atoms with E-state index in [1.165, 1.54) is 17.0 Å². The molecule has 1 atom stereocenters. The fraction of sp³-hybridized carbons (Fsp3) is 0.455. The predicted molar refractivity (Wildman–Crippen MR) is 112 cm³/mol. The molecule has 0 saturated carbocycles. The average Bonchev–Trinajstić information content (AvgIpc) is 3.21. The van der Waals surface area contributed by atoms with Crippen molar-refractivity contribution in [1.82, 2.24) is 9.80 Å². The molecule has 0 aliphatic carbocycles. The monoisotopic (exact) mass is 418 g/mol. The van der Waals surface area contributed by atoms with Gasteiger partial charge in [0, 0.05) is 24.4 Å². The lowest BCUT2D eigenvalue weighted by atomic mass is 10.0. The third-order valence-corrected chi connectivity index (χ3v) is 6.11. The van der Waals surface area contributed by atoms with Crippen molar-refractivity contribution >= 4 is 23.2 Å². The summed E-state index contributed by atoms with van der Waals surface area (Å²) in [6, 6.07) is 7.70. The van der Waals surface area contributed by atoms with Gasteiger partial charge in [-0.05, 0) is 54.1 Å². The second kappa shape index (κ2) is 9.87. The number of carbonyl (C=O) groups excluding carboxylic acids is 2. The van der Waals surface area contributed by atoms with Crippen LogP contribution < -0.4 is 4.74 Å². The number of carbonyl (C=O) groups is 2. The van der Waals surface area contributed by atoms with E-state index in [1.54, 1.807) is 28.4 Å². The number of ether oxygens (including phenoxy) is 1. The quantitative estimate of drug-likeness (QED) is 0.650. The highest BCUT2D eigenvalue weighted by Crippen LogP contribution is 2.34. The zero-order chi connectivity index (χ0) is 20.8. The molecule has 0 unspecified atom stereocenters. The smallest absolute Gasteiger partial charge is 0.242 e. The van der Waals surface area contributed by atoms with Crippen molar-refractivity contribution in [3.8, 4) is 5.75 Å². The summed E-state index contributed by atoms with van der Waals surface area (Å²) in [6.07, 6.45) is 2.01. The van der Waals surface area contributed by atoms with Crippen molar-refractivity contribution in [3.05, 3.63) is 52.0 Å². The summed E-state index contributed by atoms with van der Waals surface area (Å²) in [5.41, 5.74) is 1.10. The highest BCUT2D eigenvalue weighted by atomic mass is 32.1. The Bertz CT molecular complexity index is 837. The van der Waals surface area contributed by atoms with Gasteiger partial charge < -0.3 is 14.5 Å². The Labute approximate surface area is 175 Å². The lowest BCUT2D eigenvalue weighted by Gasteiger charge is -2.37. The van der Waals surface area contributed by atoms with E-state index in [0.717, 1.165) is 18.4 Å². The van der Waals surface area contributed by atoms with Gasteiger partial charge in [0.25, 0.3) is 0 Å². The van der Waals surface area contributed by atoms with Crippen molar-refractivity contribution in [2.45, 2.75) is 39.2 Å². The van der Waals surface area contributed by atoms with Crippen LogP contribution >= 0.6 is 11.3 Å². The number of rotatable bonds is 8. The Morgan fingerprint density at radius 3 is 2.69 bits per heavy atom. The number of thiophene rings is 1. The largest absolute Gasteiger partial charge is 0.491 e. The van der Waals surface area contributed by atoms with Crippen LogP contribution in [0, 0.1) is 5.82 Å². The summed E-state index contributed by atoms with van der Waals surface area (Å²) in [7, 11) is 0. The minimum Gasteiger partial charge on any atom is -0.491 e. The summed E-state index contributed by atoms with van der Waals surface area (Å²) < 4.78 is 19.0. The number of fused-ring (bicyclic) bond motifs is 1. The summed E-state index contributed by atoms with van der Waals surface area (Å²) in [6.45, 7) is 5.37. The molecule has 1 aliphatic rings. The molecule has 0 radical (unpaired) electrons. The summed E-state index contributed by atoms with van der Waals surface area (Å²) >= 11 is 1.69. The van der Waals surface area contributed by atoms with E-state index >= 15 is 0 Å². The maximum Gasteiger partial charge on any atom is 0.242 e. The van der Waals surface area contributed by atoms with E-state index in [2.05, 4.69) is 0 Å². The average molecular weight is 419 g/mol. The Morgan fingerprint density at radius 2 is 2.00 bits per heavy atom. The van der Waals surface area contributed by atoms with Gasteiger partial charge in [-0.2, -0.15) is 0 Å². The van der Waals surface area contributed by atoms with E-state index in [4.69, 9.17) is 4.74 Å². The first-order valence-electron chi connectivity index (χ1n) is 10.0. The SMILES string of the molecule is CCCN(CC(=O)N1CCc2sccc2[C@@H]1COc1ccc(F)cc1)C(=O)CC. The molecular weight excluding hydrogens is 391 g/mol. The first-order valence-corrected chi connectivity index (χ1v) is 10.9. The lowest BCUT2D eigenvalue weighted by molar-refractivity contribution is -0.142. The number of hydrogen-bond acceptors (Lipinski definition) is 4. The van der Waals surface area contributed by atoms with Crippen LogP contribution in [0.25, 0.3) is 0 Å². The minimum atomic E-state index is -0.316. The molecule has 156 valence electrons. The van der Waals surface area contributed by atoms with E-state index in [0.29, 0.717) is 25.3 Å². The van der Waals surface area contributed by atoms with Crippen LogP contribution in [0.2, 0.25) is 0 Å². The van der Waals surface area contributed by atoms with Crippen molar-refractivity contribution < 1.29 is 18.7 Å². The fourth-order valence-corrected chi connectivity index (χ4v) is 4.55. The second-order valence-corrected chi connectivity index (χ2v) is 8.09. The van der Waals surface area contributed by atoms with Gasteiger partial charge in [-0.3, -0.25) is 9.59 Å². The van der Waals surface area contributed by atoms with E-state index in [9.17, 15) is 14.0 Å². The molecule has 0 saturated heterocycles. The normalized spacial score (nSPS) is 15.7. The molecule has 2 heterocycles. The van der Waals surface area contributed by atoms with Crippen LogP contribution in [0.5, 0.6) is 5.75 Å². The van der Waals surface area contributed by atoms with Crippen LogP contribution in [-0.4, -0.2) is 47.9 Å². The number of hydrogen-bond donors (Lipinski definition) is 0. The van der Waals surface area contributed by atoms with Gasteiger partial charge in [0.2, 0.25) is 11.8 Å². The topological polar surface area (TPSA) is 49.9 Å². The molecule has 0 bridgehead atoms. The Morgan fingerprint density at radius 1 is 1.24 bits per heavy atom. The molecule has 0 fully saturated rings. The third-order valence-electron chi connectivity index (χ3n) is 5.11. The molecule has 2 amide bonds. The maximum absolute atomic E-state index is 13.1. The molecule has 1 aromatic carbocycles. The first-order chi connectivity index (χ1) is 14.0. The number of nitrogens with zero attached hydrogens (tertiary/aromatic N) is 2. The van der Waals surface area contributed by atoms with Crippen LogP contribution in [0.1, 0.15) is 43.2 Å². The van der Waals surface area contributed by atoms with Crippen LogP contribution in [-0.2, 0) is 16.0 Å². The van der Waals surface area contributed by atoms with Crippen LogP contribution in [0.15, 0.2) is 35.7 Å². The fourth-order valence-electron chi connectivity index (χ4n) is 3.62. The van der Waals surface area contributed by atoms with Crippen molar-refractivity contribution in [3.63, 3.8) is 0 Å². The number of amides is 2. The molecule has 29 heavy (non-hydrogen) atoms. The Hall–Kier alpha value is -2.41. The molecule has 1 aromatic heterocycles. The van der Waals surface area contributed by atoms with Gasteiger partial charge in [0.05, 0.1) is 12.6 Å². The van der Waals surface area contributed by atoms with Crippen molar-refractivity contribution in [1.29, 1.82) is 0 Å². The highest BCUT2D eigenvalue weighted by molar-refractivity contribution is 7.10. The van der Waals surface area contributed by atoms with Gasteiger partial charge in [-0.1, -0.05) is 13.8 Å². The zero-order valence-electron chi connectivity index (χ0n) is 16.9. The molecule has 3 rings (SSSR count). The Balaban J connectivity index is 1.75. The van der Waals surface area contributed by atoms with Crippen LogP contribution in [0.4, 0.5) is 4.39 Å². The maximum atomic E-state index is 13.1. The standard InChI is InChI=1S/C22H27FN2O3S/c1-3-11-24(21(26)4-2)14-22(27)25-12-9-20-18(10-13-29-20)19(25)15-28-17-7-5-16(23)6-8-17/h5-8,10,13,19H,3-4,9,11-12,14-15H2,1-2H3/t19-/m0/s1. The second-order valence-electron chi connectivity index (χ2n) is 7.09. The first kappa shape index (κ1) is 21.3. The van der Waals surface area contributed by atoms with Crippen molar-refractivity contribution in [2.75, 3.05) is 26.2 Å². The zero-order valence-corrected chi connectivity index (χ0v) is 17.7. The molecule has 7 heteroatoms. The van der Waals surface area contributed by atoms with E-state index in [1.807, 2.05) is 30.2 Å². The third kappa shape index (κ3) is 5.15. The highest BCUT2D eigenvalue weighted by Gasteiger charge is 2.33. The van der Waals surface area contributed by atoms with E-state index < -0.39 is 0 Å². The van der Waals surface area contributed by atoms with Gasteiger partial charge in [-0.15, -0.1) is 11.3 Å². The molecule has 1 aliphatic heterocycles. The summed E-state index contributed by atoms with van der Waals surface area (Å²) in [5, 5.41) is 2.04. The van der Waals surface area contributed by atoms with Crippen molar-refractivity contribution in [2.24, 2.45) is 0 Å². The predicted octanol–water partition coefficient (Wildman–Crippen LogP) is 4.04. The molecular formula is C22H27FN2O3S. The van der Waals surface area contributed by atoms with Gasteiger partial charge in [0.15, 0.2) is 0 Å². The Kier molecular flexibility index (Phi) is 7.25. The van der Waals surface area contributed by atoms with E-state index in [-0.39, 0.29) is 36.8 Å². The molecule has 2 aromatic rings. The van der Waals surface area contributed by atoms with Crippen LogP contribution in [0.3, 0.4) is 0 Å². The number of benzene rings is 1.